The van der Waals surface area contributed by atoms with Crippen LogP contribution in [0.25, 0.3) is 0 Å². The van der Waals surface area contributed by atoms with Gasteiger partial charge in [-0.2, -0.15) is 0 Å². The molecule has 0 spiro atoms. The standard InChI is InChI=1S/C12H20N2O3S/c1-3-12(2,13)11(17)14-8(10(15)16)6-18-9(14)7-4-5-7/h7-9H,3-6,13H2,1-2H3,(H,15,16). The van der Waals surface area contributed by atoms with Crippen LogP contribution in [0.5, 0.6) is 0 Å². The van der Waals surface area contributed by atoms with Gasteiger partial charge >= 0.3 is 5.97 Å². The van der Waals surface area contributed by atoms with Crippen molar-refractivity contribution in [3.8, 4) is 0 Å². The summed E-state index contributed by atoms with van der Waals surface area (Å²) >= 11 is 1.58. The number of thioether (sulfide) groups is 1. The minimum absolute atomic E-state index is 0.00743. The highest BCUT2D eigenvalue weighted by Gasteiger charge is 2.50. The Morgan fingerprint density at radius 2 is 2.11 bits per heavy atom. The fraction of sp³-hybridized carbons (Fsp3) is 0.833. The van der Waals surface area contributed by atoms with Crippen molar-refractivity contribution in [1.82, 2.24) is 4.90 Å². The van der Waals surface area contributed by atoms with Crippen molar-refractivity contribution in [2.45, 2.75) is 50.1 Å². The average molecular weight is 272 g/mol. The SMILES string of the molecule is CCC(C)(N)C(=O)N1C(C(=O)O)CSC1C1CC1. The molecule has 3 unspecified atom stereocenters. The number of nitrogens with two attached hydrogens (primary N) is 1. The maximum absolute atomic E-state index is 12.5. The molecule has 0 aromatic heterocycles. The first-order chi connectivity index (χ1) is 8.38. The van der Waals surface area contributed by atoms with Crippen molar-refractivity contribution in [2.75, 3.05) is 5.75 Å². The number of carboxylic acid groups (broad SMARTS) is 1. The molecular formula is C12H20N2O3S. The second-order valence-electron chi connectivity index (χ2n) is 5.40. The summed E-state index contributed by atoms with van der Waals surface area (Å²) in [7, 11) is 0. The normalized spacial score (nSPS) is 31.2. The van der Waals surface area contributed by atoms with Crippen molar-refractivity contribution in [3.05, 3.63) is 0 Å². The number of amides is 1. The van der Waals surface area contributed by atoms with E-state index in [0.29, 0.717) is 18.1 Å². The van der Waals surface area contributed by atoms with Gasteiger partial charge in [0.2, 0.25) is 5.91 Å². The Labute approximate surface area is 111 Å². The lowest BCUT2D eigenvalue weighted by molar-refractivity contribution is -0.151. The number of hydrogen-bond acceptors (Lipinski definition) is 4. The highest BCUT2D eigenvalue weighted by atomic mass is 32.2. The zero-order chi connectivity index (χ0) is 13.5. The maximum atomic E-state index is 12.5. The smallest absolute Gasteiger partial charge is 0.327 e. The number of aliphatic carboxylic acids is 1. The van der Waals surface area contributed by atoms with Gasteiger partial charge in [0.25, 0.3) is 0 Å². The van der Waals surface area contributed by atoms with Gasteiger partial charge in [0.1, 0.15) is 6.04 Å². The molecule has 3 atom stereocenters. The van der Waals surface area contributed by atoms with Crippen LogP contribution in [0.4, 0.5) is 0 Å². The monoisotopic (exact) mass is 272 g/mol. The van der Waals surface area contributed by atoms with Crippen LogP contribution < -0.4 is 5.73 Å². The molecule has 1 amide bonds. The molecule has 1 heterocycles. The van der Waals surface area contributed by atoms with Crippen LogP contribution in [0.15, 0.2) is 0 Å². The van der Waals surface area contributed by atoms with Crippen LogP contribution in [0.2, 0.25) is 0 Å². The fourth-order valence-corrected chi connectivity index (χ4v) is 3.80. The minimum atomic E-state index is -0.967. The Morgan fingerprint density at radius 1 is 1.50 bits per heavy atom. The number of rotatable bonds is 4. The van der Waals surface area contributed by atoms with E-state index in [9.17, 15) is 14.7 Å². The van der Waals surface area contributed by atoms with E-state index in [-0.39, 0.29) is 11.3 Å². The molecule has 1 saturated carbocycles. The Balaban J connectivity index is 2.23. The largest absolute Gasteiger partial charge is 0.480 e. The van der Waals surface area contributed by atoms with Crippen molar-refractivity contribution >= 4 is 23.6 Å². The molecule has 102 valence electrons. The second kappa shape index (κ2) is 4.74. The highest BCUT2D eigenvalue weighted by Crippen LogP contribution is 2.46. The molecule has 2 aliphatic rings. The number of carboxylic acids is 1. The van der Waals surface area contributed by atoms with Gasteiger partial charge in [0.15, 0.2) is 0 Å². The van der Waals surface area contributed by atoms with Gasteiger partial charge < -0.3 is 15.7 Å². The molecule has 0 aromatic carbocycles. The number of hydrogen-bond donors (Lipinski definition) is 2. The first-order valence-electron chi connectivity index (χ1n) is 6.34. The topological polar surface area (TPSA) is 83.6 Å². The average Bonchev–Trinajstić information content (AvgIpc) is 3.06. The molecule has 1 aliphatic heterocycles. The third-order valence-electron chi connectivity index (χ3n) is 3.80. The maximum Gasteiger partial charge on any atom is 0.327 e. The molecule has 0 aromatic rings. The molecule has 2 fully saturated rings. The number of carbonyl (C=O) groups excluding carboxylic acids is 1. The predicted molar refractivity (Wildman–Crippen MR) is 70.1 cm³/mol. The van der Waals surface area contributed by atoms with E-state index in [2.05, 4.69) is 0 Å². The quantitative estimate of drug-likeness (QED) is 0.793. The molecule has 1 aliphatic carbocycles. The summed E-state index contributed by atoms with van der Waals surface area (Å²) in [5, 5.41) is 9.25. The van der Waals surface area contributed by atoms with Gasteiger partial charge in [-0.25, -0.2) is 4.79 Å². The Kier molecular flexibility index (Phi) is 3.60. The summed E-state index contributed by atoms with van der Waals surface area (Å²) in [5.74, 6) is -0.219. The summed E-state index contributed by atoms with van der Waals surface area (Å²) in [6.45, 7) is 3.53. The van der Waals surface area contributed by atoms with E-state index in [1.807, 2.05) is 6.92 Å². The molecule has 1 saturated heterocycles. The van der Waals surface area contributed by atoms with Gasteiger partial charge in [-0.15, -0.1) is 11.8 Å². The highest BCUT2D eigenvalue weighted by molar-refractivity contribution is 8.00. The summed E-state index contributed by atoms with van der Waals surface area (Å²) in [4.78, 5) is 25.3. The second-order valence-corrected chi connectivity index (χ2v) is 6.55. The molecular weight excluding hydrogens is 252 g/mol. The van der Waals surface area contributed by atoms with E-state index < -0.39 is 17.6 Å². The molecule has 6 heteroatoms. The zero-order valence-corrected chi connectivity index (χ0v) is 11.6. The Hall–Kier alpha value is -0.750. The van der Waals surface area contributed by atoms with Crippen LogP contribution >= 0.6 is 11.8 Å². The molecule has 18 heavy (non-hydrogen) atoms. The van der Waals surface area contributed by atoms with Crippen LogP contribution in [0.3, 0.4) is 0 Å². The van der Waals surface area contributed by atoms with Gasteiger partial charge in [0, 0.05) is 5.75 Å². The fourth-order valence-electron chi connectivity index (χ4n) is 2.17. The molecule has 3 N–H and O–H groups in total. The van der Waals surface area contributed by atoms with Gasteiger partial charge in [-0.1, -0.05) is 6.92 Å². The third kappa shape index (κ3) is 2.36. The van der Waals surface area contributed by atoms with Gasteiger partial charge in [-0.3, -0.25) is 4.79 Å². The Bertz CT molecular complexity index is 368. The van der Waals surface area contributed by atoms with Crippen LogP contribution in [-0.2, 0) is 9.59 Å². The predicted octanol–water partition coefficient (Wildman–Crippen LogP) is 0.879. The van der Waals surface area contributed by atoms with Gasteiger partial charge in [0.05, 0.1) is 10.9 Å². The summed E-state index contributed by atoms with van der Waals surface area (Å²) in [6, 6.07) is -0.720. The lowest BCUT2D eigenvalue weighted by Crippen LogP contribution is -2.58. The summed E-state index contributed by atoms with van der Waals surface area (Å²) < 4.78 is 0. The zero-order valence-electron chi connectivity index (χ0n) is 10.8. The lowest BCUT2D eigenvalue weighted by atomic mass is 9.97. The van der Waals surface area contributed by atoms with Crippen molar-refractivity contribution in [3.63, 3.8) is 0 Å². The molecule has 2 rings (SSSR count). The van der Waals surface area contributed by atoms with Crippen molar-refractivity contribution in [1.29, 1.82) is 0 Å². The molecule has 0 radical (unpaired) electrons. The van der Waals surface area contributed by atoms with E-state index in [1.54, 1.807) is 18.7 Å². The van der Waals surface area contributed by atoms with Crippen molar-refractivity contribution < 1.29 is 14.7 Å². The van der Waals surface area contributed by atoms with Crippen molar-refractivity contribution in [2.24, 2.45) is 11.7 Å². The first kappa shape index (κ1) is 13.7. The van der Waals surface area contributed by atoms with Crippen LogP contribution in [0.1, 0.15) is 33.1 Å². The minimum Gasteiger partial charge on any atom is -0.480 e. The summed E-state index contributed by atoms with van der Waals surface area (Å²) in [5.41, 5.74) is 5.02. The van der Waals surface area contributed by atoms with E-state index in [1.165, 1.54) is 4.90 Å². The van der Waals surface area contributed by atoms with E-state index in [0.717, 1.165) is 12.8 Å². The lowest BCUT2D eigenvalue weighted by Gasteiger charge is -2.34. The first-order valence-corrected chi connectivity index (χ1v) is 7.39. The van der Waals surface area contributed by atoms with Crippen LogP contribution in [-0.4, -0.2) is 44.6 Å². The number of carbonyl (C=O) groups is 2. The summed E-state index contributed by atoms with van der Waals surface area (Å²) in [6.07, 6.45) is 2.68. The Morgan fingerprint density at radius 3 is 2.56 bits per heavy atom. The molecule has 5 nitrogen and oxygen atoms in total. The van der Waals surface area contributed by atoms with Gasteiger partial charge in [-0.05, 0) is 32.1 Å². The third-order valence-corrected chi connectivity index (χ3v) is 5.26. The number of nitrogens with zero attached hydrogens (tertiary/aromatic N) is 1. The van der Waals surface area contributed by atoms with E-state index >= 15 is 0 Å². The van der Waals surface area contributed by atoms with Crippen LogP contribution in [0, 0.1) is 5.92 Å². The molecule has 0 bridgehead atoms. The van der Waals surface area contributed by atoms with E-state index in [4.69, 9.17) is 5.73 Å².